The summed E-state index contributed by atoms with van der Waals surface area (Å²) in [5.41, 5.74) is 1.38. The zero-order valence-corrected chi connectivity index (χ0v) is 22.3. The van der Waals surface area contributed by atoms with Gasteiger partial charge in [-0.15, -0.1) is 22.6 Å². The van der Waals surface area contributed by atoms with Gasteiger partial charge >= 0.3 is 6.18 Å². The molecule has 11 heteroatoms. The van der Waals surface area contributed by atoms with E-state index in [2.05, 4.69) is 20.1 Å². The van der Waals surface area contributed by atoms with Crippen LogP contribution in [0, 0.1) is 19.8 Å². The molecule has 2 aromatic heterocycles. The first-order chi connectivity index (χ1) is 16.7. The highest BCUT2D eigenvalue weighted by Gasteiger charge is 2.55. The number of rotatable bonds is 7. The van der Waals surface area contributed by atoms with Crippen molar-refractivity contribution in [2.75, 3.05) is 25.4 Å². The molecule has 1 saturated carbocycles. The maximum atomic E-state index is 12.9. The monoisotopic (exact) mass is 541 g/mol. The van der Waals surface area contributed by atoms with Crippen molar-refractivity contribution >= 4 is 24.2 Å². The standard InChI is InChI=1S/C25H30F3N5OS.ClH/c1-16-21(34-17(2)29-16)22-30-31-23(32(22)3)35-14-4-11-33-12-9-20-15-24(20,10-13-33)18-5-7-19(8-6-18)25(26,27)28;/h5-8,20H,4,9-15H2,1-3H3;1H/t20-,24+;/m0./s1. The molecule has 0 unspecified atom stereocenters. The quantitative estimate of drug-likeness (QED) is 0.267. The maximum absolute atomic E-state index is 12.9. The second-order valence-corrected chi connectivity index (χ2v) is 10.8. The summed E-state index contributed by atoms with van der Waals surface area (Å²) in [6, 6.07) is 5.88. The van der Waals surface area contributed by atoms with Gasteiger partial charge in [-0.3, -0.25) is 0 Å². The van der Waals surface area contributed by atoms with Gasteiger partial charge in [0.05, 0.1) is 11.3 Å². The Labute approximate surface area is 219 Å². The van der Waals surface area contributed by atoms with Crippen LogP contribution in [0.15, 0.2) is 33.8 Å². The van der Waals surface area contributed by atoms with Crippen molar-refractivity contribution in [3.63, 3.8) is 0 Å². The van der Waals surface area contributed by atoms with Crippen LogP contribution in [0.3, 0.4) is 0 Å². The van der Waals surface area contributed by atoms with Crippen LogP contribution in [0.2, 0.25) is 0 Å². The van der Waals surface area contributed by atoms with E-state index in [1.807, 2.05) is 25.5 Å². The minimum absolute atomic E-state index is 0. The molecule has 2 fully saturated rings. The van der Waals surface area contributed by atoms with E-state index in [0.717, 1.165) is 67.5 Å². The summed E-state index contributed by atoms with van der Waals surface area (Å²) >= 11 is 1.69. The Morgan fingerprint density at radius 3 is 2.56 bits per heavy atom. The summed E-state index contributed by atoms with van der Waals surface area (Å²) in [4.78, 5) is 6.81. The van der Waals surface area contributed by atoms with Crippen molar-refractivity contribution in [1.82, 2.24) is 24.6 Å². The first-order valence-corrected chi connectivity index (χ1v) is 13.0. The van der Waals surface area contributed by atoms with E-state index in [1.54, 1.807) is 23.9 Å². The molecule has 0 N–H and O–H groups in total. The Balaban J connectivity index is 0.00000304. The summed E-state index contributed by atoms with van der Waals surface area (Å²) in [7, 11) is 1.94. The lowest BCUT2D eigenvalue weighted by Gasteiger charge is -2.22. The van der Waals surface area contributed by atoms with Gasteiger partial charge in [0.25, 0.3) is 0 Å². The van der Waals surface area contributed by atoms with E-state index in [1.165, 1.54) is 12.1 Å². The second kappa shape index (κ2) is 10.4. The summed E-state index contributed by atoms with van der Waals surface area (Å²) < 4.78 is 46.4. The molecule has 196 valence electrons. The minimum atomic E-state index is -4.28. The van der Waals surface area contributed by atoms with Gasteiger partial charge in [0.15, 0.2) is 16.8 Å². The highest BCUT2D eigenvalue weighted by atomic mass is 35.5. The number of hydrogen-bond acceptors (Lipinski definition) is 6. The molecule has 5 rings (SSSR count). The van der Waals surface area contributed by atoms with Gasteiger partial charge in [-0.05, 0) is 81.3 Å². The lowest BCUT2D eigenvalue weighted by molar-refractivity contribution is -0.137. The SMILES string of the molecule is Cc1nc(C)c(-c2nnc(SCCCN3CC[C@H]4C[C@@]4(c4ccc(C(F)(F)F)cc4)CC3)n2C)o1.Cl. The van der Waals surface area contributed by atoms with Crippen molar-refractivity contribution < 1.29 is 17.6 Å². The van der Waals surface area contributed by atoms with E-state index in [4.69, 9.17) is 4.42 Å². The number of aryl methyl sites for hydroxylation is 2. The normalized spacial score (nSPS) is 22.1. The van der Waals surface area contributed by atoms with E-state index in [9.17, 15) is 13.2 Å². The van der Waals surface area contributed by atoms with E-state index in [-0.39, 0.29) is 17.8 Å². The van der Waals surface area contributed by atoms with Crippen LogP contribution in [0.1, 0.15) is 48.4 Å². The molecular weight excluding hydrogens is 511 g/mol. The zero-order valence-electron chi connectivity index (χ0n) is 20.6. The van der Waals surface area contributed by atoms with Crippen molar-refractivity contribution in [2.45, 2.75) is 56.3 Å². The Bertz CT molecular complexity index is 1200. The molecular formula is C25H31ClF3N5OS. The first kappa shape index (κ1) is 27.0. The summed E-state index contributed by atoms with van der Waals surface area (Å²) in [6.07, 6.45) is -0.0283. The van der Waals surface area contributed by atoms with Crippen molar-refractivity contribution in [1.29, 1.82) is 0 Å². The molecule has 1 aliphatic carbocycles. The third-order valence-electron chi connectivity index (χ3n) is 7.48. The highest BCUT2D eigenvalue weighted by Crippen LogP contribution is 2.59. The Hall–Kier alpha value is -2.04. The van der Waals surface area contributed by atoms with Gasteiger partial charge < -0.3 is 13.9 Å². The number of hydrogen-bond donors (Lipinski definition) is 0. The van der Waals surface area contributed by atoms with E-state index < -0.39 is 11.7 Å². The molecule has 0 spiro atoms. The number of benzene rings is 1. The van der Waals surface area contributed by atoms with Crippen molar-refractivity contribution in [3.8, 4) is 11.6 Å². The van der Waals surface area contributed by atoms with Crippen molar-refractivity contribution in [2.24, 2.45) is 13.0 Å². The number of thioether (sulfide) groups is 1. The Morgan fingerprint density at radius 2 is 1.89 bits per heavy atom. The number of nitrogens with zero attached hydrogens (tertiary/aromatic N) is 5. The van der Waals surface area contributed by atoms with Gasteiger partial charge in [0, 0.05) is 19.7 Å². The predicted molar refractivity (Wildman–Crippen MR) is 135 cm³/mol. The van der Waals surface area contributed by atoms with Gasteiger partial charge in [-0.2, -0.15) is 13.2 Å². The zero-order chi connectivity index (χ0) is 24.8. The first-order valence-electron chi connectivity index (χ1n) is 12.0. The smallest absolute Gasteiger partial charge is 0.416 e. The number of oxazole rings is 1. The fourth-order valence-electron chi connectivity index (χ4n) is 5.41. The highest BCUT2D eigenvalue weighted by molar-refractivity contribution is 7.99. The van der Waals surface area contributed by atoms with Gasteiger partial charge in [-0.1, -0.05) is 23.9 Å². The maximum Gasteiger partial charge on any atom is 0.416 e. The van der Waals surface area contributed by atoms with Crippen LogP contribution in [0.4, 0.5) is 13.2 Å². The number of alkyl halides is 3. The molecule has 36 heavy (non-hydrogen) atoms. The van der Waals surface area contributed by atoms with Crippen LogP contribution < -0.4 is 0 Å². The second-order valence-electron chi connectivity index (χ2n) is 9.73. The minimum Gasteiger partial charge on any atom is -0.437 e. The molecule has 0 radical (unpaired) electrons. The van der Waals surface area contributed by atoms with Gasteiger partial charge in [0.1, 0.15) is 0 Å². The summed E-state index contributed by atoms with van der Waals surface area (Å²) in [5.74, 6) is 3.48. The molecule has 2 aliphatic rings. The van der Waals surface area contributed by atoms with Crippen molar-refractivity contribution in [3.05, 3.63) is 47.0 Å². The molecule has 3 aromatic rings. The third kappa shape index (κ3) is 5.31. The van der Waals surface area contributed by atoms with Crippen LogP contribution >= 0.6 is 24.2 Å². The fraction of sp³-hybridized carbons (Fsp3) is 0.560. The van der Waals surface area contributed by atoms with Gasteiger partial charge in [0.2, 0.25) is 5.82 Å². The third-order valence-corrected chi connectivity index (χ3v) is 8.58. The molecule has 3 heterocycles. The predicted octanol–water partition coefficient (Wildman–Crippen LogP) is 6.06. The average molecular weight is 542 g/mol. The number of likely N-dealkylation sites (tertiary alicyclic amines) is 1. The number of aromatic nitrogens is 4. The Kier molecular flexibility index (Phi) is 7.78. The summed E-state index contributed by atoms with van der Waals surface area (Å²) in [6.45, 7) is 6.77. The van der Waals surface area contributed by atoms with Crippen LogP contribution in [-0.4, -0.2) is 50.0 Å². The van der Waals surface area contributed by atoms with Crippen LogP contribution in [0.5, 0.6) is 0 Å². The van der Waals surface area contributed by atoms with Crippen LogP contribution in [-0.2, 0) is 18.6 Å². The molecule has 1 aliphatic heterocycles. The average Bonchev–Trinajstić information content (AvgIpc) is 3.33. The topological polar surface area (TPSA) is 60.0 Å². The number of halogens is 4. The molecule has 6 nitrogen and oxygen atoms in total. The largest absolute Gasteiger partial charge is 0.437 e. The van der Waals surface area contributed by atoms with Gasteiger partial charge in [-0.25, -0.2) is 4.98 Å². The molecule has 1 aromatic carbocycles. The Morgan fingerprint density at radius 1 is 1.14 bits per heavy atom. The molecule has 0 bridgehead atoms. The van der Waals surface area contributed by atoms with Crippen LogP contribution in [0.25, 0.3) is 11.6 Å². The lowest BCUT2D eigenvalue weighted by Crippen LogP contribution is -2.27. The molecule has 0 amide bonds. The lowest BCUT2D eigenvalue weighted by atomic mass is 9.89. The summed E-state index contributed by atoms with van der Waals surface area (Å²) in [5, 5.41) is 9.47. The van der Waals surface area contributed by atoms with E-state index >= 15 is 0 Å². The fourth-order valence-corrected chi connectivity index (χ4v) is 6.25. The molecule has 1 saturated heterocycles. The number of fused-ring (bicyclic) bond motifs is 1. The van der Waals surface area contributed by atoms with E-state index in [0.29, 0.717) is 23.4 Å². The molecule has 2 atom stereocenters.